The van der Waals surface area contributed by atoms with Gasteiger partial charge in [0.25, 0.3) is 0 Å². The van der Waals surface area contributed by atoms with Crippen LogP contribution in [0.1, 0.15) is 35.7 Å². The molecule has 2 aromatic rings. The van der Waals surface area contributed by atoms with E-state index in [1.807, 2.05) is 37.3 Å². The number of benzene rings is 1. The molecule has 0 aliphatic heterocycles. The Morgan fingerprint density at radius 2 is 1.95 bits per heavy atom. The van der Waals surface area contributed by atoms with E-state index in [4.69, 9.17) is 16.3 Å². The molecule has 0 amide bonds. The highest BCUT2D eigenvalue weighted by Gasteiger charge is 2.28. The van der Waals surface area contributed by atoms with Crippen LogP contribution in [0.5, 0.6) is 5.88 Å². The maximum Gasteiger partial charge on any atom is 0.221 e. The zero-order valence-electron chi connectivity index (χ0n) is 10.8. The van der Waals surface area contributed by atoms with E-state index in [2.05, 4.69) is 9.97 Å². The van der Waals surface area contributed by atoms with Crippen molar-refractivity contribution in [3.05, 3.63) is 52.4 Å². The van der Waals surface area contributed by atoms with Gasteiger partial charge in [-0.05, 0) is 25.3 Å². The molecule has 98 valence electrons. The molecular weight excluding hydrogens is 260 g/mol. The van der Waals surface area contributed by atoms with Crippen LogP contribution in [-0.4, -0.2) is 9.97 Å². The molecule has 1 aromatic carbocycles. The lowest BCUT2D eigenvalue weighted by atomic mass is 10.2. The summed E-state index contributed by atoms with van der Waals surface area (Å²) >= 11 is 6.14. The van der Waals surface area contributed by atoms with Crippen LogP contribution in [-0.2, 0) is 6.61 Å². The van der Waals surface area contributed by atoms with Crippen LogP contribution >= 0.6 is 11.6 Å². The Hall–Kier alpha value is -1.61. The Labute approximate surface area is 117 Å². The van der Waals surface area contributed by atoms with Gasteiger partial charge in [0.15, 0.2) is 0 Å². The zero-order valence-corrected chi connectivity index (χ0v) is 11.5. The van der Waals surface area contributed by atoms with Crippen molar-refractivity contribution >= 4 is 11.6 Å². The molecular formula is C15H15ClN2O. The van der Waals surface area contributed by atoms with Gasteiger partial charge in [0.2, 0.25) is 5.88 Å². The third-order valence-corrected chi connectivity index (χ3v) is 3.59. The summed E-state index contributed by atoms with van der Waals surface area (Å²) in [7, 11) is 0. The summed E-state index contributed by atoms with van der Waals surface area (Å²) in [4.78, 5) is 8.82. The summed E-state index contributed by atoms with van der Waals surface area (Å²) in [6.45, 7) is 2.39. The van der Waals surface area contributed by atoms with Gasteiger partial charge < -0.3 is 4.74 Å². The van der Waals surface area contributed by atoms with Crippen LogP contribution in [0, 0.1) is 6.92 Å². The summed E-state index contributed by atoms with van der Waals surface area (Å²) in [5.74, 6) is 1.89. The minimum Gasteiger partial charge on any atom is -0.472 e. The third kappa shape index (κ3) is 2.87. The van der Waals surface area contributed by atoms with Crippen LogP contribution in [0.25, 0.3) is 0 Å². The number of hydrogen-bond donors (Lipinski definition) is 0. The molecule has 1 aromatic heterocycles. The predicted octanol–water partition coefficient (Wildman–Crippen LogP) is 3.89. The highest BCUT2D eigenvalue weighted by atomic mass is 35.5. The molecule has 1 saturated carbocycles. The van der Waals surface area contributed by atoms with Gasteiger partial charge in [-0.15, -0.1) is 0 Å². The molecule has 3 nitrogen and oxygen atoms in total. The van der Waals surface area contributed by atoms with E-state index in [1.165, 1.54) is 0 Å². The molecule has 3 rings (SSSR count). The molecule has 1 aliphatic rings. The van der Waals surface area contributed by atoms with Gasteiger partial charge in [-0.25, -0.2) is 4.98 Å². The average molecular weight is 275 g/mol. The first-order valence-electron chi connectivity index (χ1n) is 6.45. The van der Waals surface area contributed by atoms with Crippen molar-refractivity contribution in [1.82, 2.24) is 9.97 Å². The molecule has 1 aliphatic carbocycles. The SMILES string of the molecule is Cc1c(Cl)nc(C2CC2)nc1OCc1ccccc1. The van der Waals surface area contributed by atoms with Crippen LogP contribution in [0.2, 0.25) is 5.15 Å². The van der Waals surface area contributed by atoms with E-state index in [0.29, 0.717) is 23.6 Å². The quantitative estimate of drug-likeness (QED) is 0.793. The minimum atomic E-state index is 0.470. The van der Waals surface area contributed by atoms with E-state index in [0.717, 1.165) is 29.8 Å². The molecule has 19 heavy (non-hydrogen) atoms. The van der Waals surface area contributed by atoms with Gasteiger partial charge in [-0.2, -0.15) is 4.98 Å². The van der Waals surface area contributed by atoms with Crippen LogP contribution in [0.3, 0.4) is 0 Å². The van der Waals surface area contributed by atoms with Gasteiger partial charge in [0, 0.05) is 11.5 Å². The minimum absolute atomic E-state index is 0.470. The average Bonchev–Trinajstić information content (AvgIpc) is 3.26. The standard InChI is InChI=1S/C15H15ClN2O/c1-10-13(16)17-14(12-7-8-12)18-15(10)19-9-11-5-3-2-4-6-11/h2-6,12H,7-9H2,1H3. The summed E-state index contributed by atoms with van der Waals surface area (Å²) in [6, 6.07) is 10.0. The first-order chi connectivity index (χ1) is 9.24. The van der Waals surface area contributed by atoms with Crippen LogP contribution in [0.4, 0.5) is 0 Å². The van der Waals surface area contributed by atoms with Gasteiger partial charge in [-0.3, -0.25) is 0 Å². The van der Waals surface area contributed by atoms with Crippen LogP contribution in [0.15, 0.2) is 30.3 Å². The molecule has 0 N–H and O–H groups in total. The van der Waals surface area contributed by atoms with E-state index in [-0.39, 0.29) is 0 Å². The number of nitrogens with zero attached hydrogens (tertiary/aromatic N) is 2. The van der Waals surface area contributed by atoms with Crippen molar-refractivity contribution in [2.75, 3.05) is 0 Å². The van der Waals surface area contributed by atoms with Crippen molar-refractivity contribution in [1.29, 1.82) is 0 Å². The fraction of sp³-hybridized carbons (Fsp3) is 0.333. The fourth-order valence-electron chi connectivity index (χ4n) is 1.88. The van der Waals surface area contributed by atoms with Crippen molar-refractivity contribution in [3.63, 3.8) is 0 Å². The summed E-state index contributed by atoms with van der Waals surface area (Å²) in [5, 5.41) is 0.500. The van der Waals surface area contributed by atoms with E-state index < -0.39 is 0 Å². The Kier molecular flexibility index (Phi) is 3.38. The summed E-state index contributed by atoms with van der Waals surface area (Å²) < 4.78 is 5.79. The number of aromatic nitrogens is 2. The van der Waals surface area contributed by atoms with E-state index in [1.54, 1.807) is 0 Å². The van der Waals surface area contributed by atoms with Crippen molar-refractivity contribution in [2.24, 2.45) is 0 Å². The molecule has 0 radical (unpaired) electrons. The number of halogens is 1. The maximum absolute atomic E-state index is 6.14. The molecule has 1 fully saturated rings. The Bertz CT molecular complexity index is 582. The second-order valence-electron chi connectivity index (χ2n) is 4.85. The lowest BCUT2D eigenvalue weighted by molar-refractivity contribution is 0.290. The predicted molar refractivity (Wildman–Crippen MR) is 74.5 cm³/mol. The number of rotatable bonds is 4. The van der Waals surface area contributed by atoms with Gasteiger partial charge in [0.05, 0.1) is 0 Å². The lowest BCUT2D eigenvalue weighted by Gasteiger charge is -2.10. The van der Waals surface area contributed by atoms with E-state index >= 15 is 0 Å². The lowest BCUT2D eigenvalue weighted by Crippen LogP contribution is -2.03. The molecule has 0 atom stereocenters. The van der Waals surface area contributed by atoms with Gasteiger partial charge >= 0.3 is 0 Å². The summed E-state index contributed by atoms with van der Waals surface area (Å²) in [6.07, 6.45) is 2.30. The normalized spacial score (nSPS) is 14.4. The second-order valence-corrected chi connectivity index (χ2v) is 5.21. The highest BCUT2D eigenvalue weighted by molar-refractivity contribution is 6.30. The monoisotopic (exact) mass is 274 g/mol. The Morgan fingerprint density at radius 1 is 1.21 bits per heavy atom. The van der Waals surface area contributed by atoms with Crippen molar-refractivity contribution < 1.29 is 4.74 Å². The van der Waals surface area contributed by atoms with Gasteiger partial charge in [-0.1, -0.05) is 41.9 Å². The highest BCUT2D eigenvalue weighted by Crippen LogP contribution is 2.39. The van der Waals surface area contributed by atoms with Crippen molar-refractivity contribution in [2.45, 2.75) is 32.3 Å². The molecule has 0 bridgehead atoms. The largest absolute Gasteiger partial charge is 0.472 e. The first kappa shape index (κ1) is 12.4. The molecule has 1 heterocycles. The summed E-state index contributed by atoms with van der Waals surface area (Å²) in [5.41, 5.74) is 1.92. The zero-order chi connectivity index (χ0) is 13.2. The maximum atomic E-state index is 6.14. The topological polar surface area (TPSA) is 35.0 Å². The third-order valence-electron chi connectivity index (χ3n) is 3.22. The Balaban J connectivity index is 1.79. The molecule has 4 heteroatoms. The second kappa shape index (κ2) is 5.17. The number of ether oxygens (including phenoxy) is 1. The first-order valence-corrected chi connectivity index (χ1v) is 6.82. The number of hydrogen-bond acceptors (Lipinski definition) is 3. The molecule has 0 saturated heterocycles. The Morgan fingerprint density at radius 3 is 2.63 bits per heavy atom. The molecule has 0 unspecified atom stereocenters. The van der Waals surface area contributed by atoms with Crippen LogP contribution < -0.4 is 4.74 Å². The molecule has 0 spiro atoms. The fourth-order valence-corrected chi connectivity index (χ4v) is 2.04. The smallest absolute Gasteiger partial charge is 0.221 e. The van der Waals surface area contributed by atoms with E-state index in [9.17, 15) is 0 Å². The van der Waals surface area contributed by atoms with Gasteiger partial charge in [0.1, 0.15) is 17.6 Å². The van der Waals surface area contributed by atoms with Crippen molar-refractivity contribution in [3.8, 4) is 5.88 Å².